The molecule has 4 heteroatoms. The summed E-state index contributed by atoms with van der Waals surface area (Å²) in [5, 5.41) is 3.24. The summed E-state index contributed by atoms with van der Waals surface area (Å²) in [6, 6.07) is 6.12. The molecule has 4 nitrogen and oxygen atoms in total. The maximum atomic E-state index is 12.0. The number of hydrogen-bond acceptors (Lipinski definition) is 3. The van der Waals surface area contributed by atoms with Crippen molar-refractivity contribution >= 4 is 11.6 Å². The summed E-state index contributed by atoms with van der Waals surface area (Å²) >= 11 is 0. The van der Waals surface area contributed by atoms with Gasteiger partial charge in [0.1, 0.15) is 0 Å². The Morgan fingerprint density at radius 2 is 2.24 bits per heavy atom. The first-order valence-electron chi connectivity index (χ1n) is 6.11. The zero-order chi connectivity index (χ0) is 11.8. The summed E-state index contributed by atoms with van der Waals surface area (Å²) in [4.78, 5) is 13.9. The van der Waals surface area contributed by atoms with Gasteiger partial charge in [0.25, 0.3) is 0 Å². The van der Waals surface area contributed by atoms with E-state index in [1.807, 2.05) is 17.0 Å². The Morgan fingerprint density at radius 3 is 2.88 bits per heavy atom. The van der Waals surface area contributed by atoms with Gasteiger partial charge in [0.05, 0.1) is 6.42 Å². The summed E-state index contributed by atoms with van der Waals surface area (Å²) in [7, 11) is 0. The monoisotopic (exact) mass is 231 g/mol. The van der Waals surface area contributed by atoms with Crippen molar-refractivity contribution in [3.63, 3.8) is 0 Å². The molecule has 1 saturated heterocycles. The van der Waals surface area contributed by atoms with E-state index in [0.29, 0.717) is 18.9 Å². The van der Waals surface area contributed by atoms with Crippen LogP contribution in [-0.4, -0.2) is 25.5 Å². The number of rotatable bonds is 3. The Hall–Kier alpha value is -1.39. The lowest BCUT2D eigenvalue weighted by atomic mass is 10.0. The van der Waals surface area contributed by atoms with Crippen LogP contribution in [0.1, 0.15) is 11.1 Å². The van der Waals surface area contributed by atoms with Crippen molar-refractivity contribution in [3.8, 4) is 0 Å². The molecule has 0 radical (unpaired) electrons. The van der Waals surface area contributed by atoms with Crippen molar-refractivity contribution in [2.24, 2.45) is 11.7 Å². The second-order valence-corrected chi connectivity index (χ2v) is 4.87. The minimum absolute atomic E-state index is 0.223. The van der Waals surface area contributed by atoms with Crippen molar-refractivity contribution in [2.75, 3.05) is 24.5 Å². The molecule has 0 bridgehead atoms. The highest BCUT2D eigenvalue weighted by molar-refractivity contribution is 6.01. The lowest BCUT2D eigenvalue weighted by Crippen LogP contribution is -2.49. The summed E-state index contributed by atoms with van der Waals surface area (Å²) in [6.07, 6.45) is 0.531. The SMILES string of the molecule is NCc1ccc2c(c1)CC(=O)N2CC1CNC1. The normalized spacial score (nSPS) is 19.4. The number of amides is 1. The van der Waals surface area contributed by atoms with E-state index >= 15 is 0 Å². The van der Waals surface area contributed by atoms with E-state index in [-0.39, 0.29) is 5.91 Å². The van der Waals surface area contributed by atoms with Gasteiger partial charge in [-0.1, -0.05) is 12.1 Å². The largest absolute Gasteiger partial charge is 0.326 e. The van der Waals surface area contributed by atoms with Gasteiger partial charge in [0.15, 0.2) is 0 Å². The molecule has 0 atom stereocenters. The van der Waals surface area contributed by atoms with Gasteiger partial charge in [-0.05, 0) is 17.2 Å². The van der Waals surface area contributed by atoms with Gasteiger partial charge in [-0.25, -0.2) is 0 Å². The lowest BCUT2D eigenvalue weighted by molar-refractivity contribution is -0.117. The molecule has 0 aliphatic carbocycles. The maximum absolute atomic E-state index is 12.0. The Kier molecular flexibility index (Phi) is 2.61. The third kappa shape index (κ3) is 1.83. The number of nitrogens with zero attached hydrogens (tertiary/aromatic N) is 1. The minimum atomic E-state index is 0.223. The molecule has 1 amide bonds. The van der Waals surface area contributed by atoms with Crippen molar-refractivity contribution in [1.82, 2.24) is 5.32 Å². The van der Waals surface area contributed by atoms with Gasteiger partial charge >= 0.3 is 0 Å². The Balaban J connectivity index is 1.85. The third-order valence-electron chi connectivity index (χ3n) is 3.62. The van der Waals surface area contributed by atoms with Crippen LogP contribution in [0.15, 0.2) is 18.2 Å². The fourth-order valence-corrected chi connectivity index (χ4v) is 2.50. The first-order chi connectivity index (χ1) is 8.28. The molecule has 3 N–H and O–H groups in total. The number of benzene rings is 1. The van der Waals surface area contributed by atoms with E-state index in [1.165, 1.54) is 0 Å². The Labute approximate surface area is 101 Å². The second kappa shape index (κ2) is 4.13. The van der Waals surface area contributed by atoms with Crippen LogP contribution in [0.2, 0.25) is 0 Å². The predicted molar refractivity (Wildman–Crippen MR) is 66.8 cm³/mol. The summed E-state index contributed by atoms with van der Waals surface area (Å²) in [5.74, 6) is 0.833. The first-order valence-corrected chi connectivity index (χ1v) is 6.11. The molecule has 0 saturated carbocycles. The van der Waals surface area contributed by atoms with E-state index in [0.717, 1.165) is 36.4 Å². The van der Waals surface area contributed by atoms with Gasteiger partial charge in [-0.3, -0.25) is 4.79 Å². The van der Waals surface area contributed by atoms with Gasteiger partial charge < -0.3 is 16.0 Å². The standard InChI is InChI=1S/C13H17N3O/c14-5-9-1-2-12-11(3-9)4-13(17)16(12)8-10-6-15-7-10/h1-3,10,15H,4-8,14H2. The fraction of sp³-hybridized carbons (Fsp3) is 0.462. The number of nitrogens with one attached hydrogen (secondary N) is 1. The number of carbonyl (C=O) groups is 1. The van der Waals surface area contributed by atoms with Crippen LogP contribution in [0.5, 0.6) is 0 Å². The van der Waals surface area contributed by atoms with Crippen LogP contribution < -0.4 is 16.0 Å². The zero-order valence-electron chi connectivity index (χ0n) is 9.78. The average molecular weight is 231 g/mol. The van der Waals surface area contributed by atoms with E-state index < -0.39 is 0 Å². The van der Waals surface area contributed by atoms with Gasteiger partial charge in [-0.2, -0.15) is 0 Å². The topological polar surface area (TPSA) is 58.4 Å². The van der Waals surface area contributed by atoms with E-state index in [2.05, 4.69) is 11.4 Å². The smallest absolute Gasteiger partial charge is 0.231 e. The van der Waals surface area contributed by atoms with E-state index in [1.54, 1.807) is 0 Å². The number of fused-ring (bicyclic) bond motifs is 1. The molecule has 2 aliphatic rings. The highest BCUT2D eigenvalue weighted by Crippen LogP contribution is 2.30. The van der Waals surface area contributed by atoms with Crippen LogP contribution in [0.25, 0.3) is 0 Å². The highest BCUT2D eigenvalue weighted by Gasteiger charge is 2.30. The number of hydrogen-bond donors (Lipinski definition) is 2. The second-order valence-electron chi connectivity index (χ2n) is 4.87. The average Bonchev–Trinajstić information content (AvgIpc) is 2.58. The van der Waals surface area contributed by atoms with Gasteiger partial charge in [0.2, 0.25) is 5.91 Å². The molecule has 1 aromatic rings. The van der Waals surface area contributed by atoms with Crippen LogP contribution in [0.3, 0.4) is 0 Å². The molecule has 0 spiro atoms. The predicted octanol–water partition coefficient (Wildman–Crippen LogP) is 0.254. The fourth-order valence-electron chi connectivity index (χ4n) is 2.50. The molecular formula is C13H17N3O. The zero-order valence-corrected chi connectivity index (χ0v) is 9.78. The summed E-state index contributed by atoms with van der Waals surface area (Å²) in [6.45, 7) is 3.44. The maximum Gasteiger partial charge on any atom is 0.231 e. The van der Waals surface area contributed by atoms with Crippen LogP contribution in [0, 0.1) is 5.92 Å². The van der Waals surface area contributed by atoms with Crippen LogP contribution >= 0.6 is 0 Å². The van der Waals surface area contributed by atoms with Crippen molar-refractivity contribution < 1.29 is 4.79 Å². The molecule has 1 aromatic carbocycles. The molecule has 0 unspecified atom stereocenters. The molecule has 1 fully saturated rings. The van der Waals surface area contributed by atoms with Crippen molar-refractivity contribution in [2.45, 2.75) is 13.0 Å². The quantitative estimate of drug-likeness (QED) is 0.784. The minimum Gasteiger partial charge on any atom is -0.326 e. The van der Waals surface area contributed by atoms with E-state index in [9.17, 15) is 4.79 Å². The van der Waals surface area contributed by atoms with Crippen LogP contribution in [-0.2, 0) is 17.8 Å². The Bertz CT molecular complexity index is 454. The summed E-state index contributed by atoms with van der Waals surface area (Å²) < 4.78 is 0. The lowest BCUT2D eigenvalue weighted by Gasteiger charge is -2.31. The van der Waals surface area contributed by atoms with Crippen molar-refractivity contribution in [1.29, 1.82) is 0 Å². The van der Waals surface area contributed by atoms with Crippen LogP contribution in [0.4, 0.5) is 5.69 Å². The number of nitrogens with two attached hydrogens (primary N) is 1. The first kappa shape index (κ1) is 10.7. The molecule has 2 aliphatic heterocycles. The highest BCUT2D eigenvalue weighted by atomic mass is 16.2. The molecule has 90 valence electrons. The van der Waals surface area contributed by atoms with Gasteiger partial charge in [-0.15, -0.1) is 0 Å². The third-order valence-corrected chi connectivity index (χ3v) is 3.62. The summed E-state index contributed by atoms with van der Waals surface area (Å²) in [5.41, 5.74) is 8.93. The molecule has 3 rings (SSSR count). The van der Waals surface area contributed by atoms with Crippen molar-refractivity contribution in [3.05, 3.63) is 29.3 Å². The number of anilines is 1. The molecule has 17 heavy (non-hydrogen) atoms. The molecule has 0 aromatic heterocycles. The Morgan fingerprint density at radius 1 is 1.41 bits per heavy atom. The molecule has 2 heterocycles. The van der Waals surface area contributed by atoms with E-state index in [4.69, 9.17) is 5.73 Å². The molecular weight excluding hydrogens is 214 g/mol. The number of carbonyl (C=O) groups excluding carboxylic acids is 1. The van der Waals surface area contributed by atoms with Gasteiger partial charge in [0, 0.05) is 37.8 Å².